The maximum absolute atomic E-state index is 12.9. The molecule has 2 nitrogen and oxygen atoms in total. The smallest absolute Gasteiger partial charge is 0.314 e. The van der Waals surface area contributed by atoms with E-state index in [-0.39, 0.29) is 35.9 Å². The van der Waals surface area contributed by atoms with Gasteiger partial charge in [-0.15, -0.1) is 36.2 Å². The van der Waals surface area contributed by atoms with Crippen LogP contribution in [-0.4, -0.2) is 31.1 Å². The van der Waals surface area contributed by atoms with Crippen LogP contribution in [0, 0.1) is 0 Å². The van der Waals surface area contributed by atoms with Gasteiger partial charge in [-0.2, -0.15) is 13.2 Å². The van der Waals surface area contributed by atoms with Gasteiger partial charge in [0.15, 0.2) is 0 Å². The highest BCUT2D eigenvalue weighted by atomic mass is 35.5. The number of alkyl halides is 3. The van der Waals surface area contributed by atoms with Crippen LogP contribution in [0.25, 0.3) is 0 Å². The van der Waals surface area contributed by atoms with E-state index in [1.807, 2.05) is 17.5 Å². The van der Waals surface area contributed by atoms with Gasteiger partial charge in [-0.25, -0.2) is 0 Å². The second-order valence-electron chi connectivity index (χ2n) is 5.44. The summed E-state index contributed by atoms with van der Waals surface area (Å²) in [6.07, 6.45) is -4.43. The Bertz CT molecular complexity index is 659. The molecule has 3 rings (SSSR count). The van der Waals surface area contributed by atoms with Gasteiger partial charge >= 0.3 is 6.18 Å². The number of benzene rings is 1. The summed E-state index contributed by atoms with van der Waals surface area (Å²) >= 11 is 7.52. The minimum atomic E-state index is -4.43. The Balaban J connectivity index is 0.00000156. The normalized spacial score (nSPS) is 16.6. The Morgan fingerprint density at radius 3 is 2.32 bits per heavy atom. The molecule has 9 heteroatoms. The Morgan fingerprint density at radius 1 is 1.12 bits per heavy atom. The monoisotopic (exact) mass is 432 g/mol. The van der Waals surface area contributed by atoms with Crippen molar-refractivity contribution in [2.24, 2.45) is 0 Å². The summed E-state index contributed by atoms with van der Waals surface area (Å²) in [6.45, 7) is 3.44. The van der Waals surface area contributed by atoms with Gasteiger partial charge in [-0.05, 0) is 29.1 Å². The zero-order valence-corrected chi connectivity index (χ0v) is 16.3. The molecule has 0 amide bonds. The molecule has 0 aliphatic carbocycles. The lowest BCUT2D eigenvalue weighted by molar-refractivity contribution is -0.137. The molecule has 25 heavy (non-hydrogen) atoms. The number of thiophene rings is 1. The molecule has 0 bridgehead atoms. The average molecular weight is 434 g/mol. The Hall–Kier alpha value is -0.500. The highest BCUT2D eigenvalue weighted by Gasteiger charge is 2.34. The molecule has 2 aromatic rings. The van der Waals surface area contributed by atoms with Crippen molar-refractivity contribution in [2.75, 3.05) is 26.2 Å². The van der Waals surface area contributed by atoms with Crippen molar-refractivity contribution in [3.63, 3.8) is 0 Å². The van der Waals surface area contributed by atoms with Crippen LogP contribution in [0.3, 0.4) is 0 Å². The summed E-state index contributed by atoms with van der Waals surface area (Å²) in [5, 5.41) is 5.03. The molecule has 0 unspecified atom stereocenters. The summed E-state index contributed by atoms with van der Waals surface area (Å²) in [5.41, 5.74) is 0.0144. The lowest BCUT2D eigenvalue weighted by Crippen LogP contribution is -2.45. The van der Waals surface area contributed by atoms with Crippen LogP contribution in [0.4, 0.5) is 13.2 Å². The molecule has 1 aliphatic rings. The first-order valence-corrected chi connectivity index (χ1v) is 8.57. The molecule has 1 atom stereocenters. The van der Waals surface area contributed by atoms with Gasteiger partial charge in [0.25, 0.3) is 0 Å². The number of nitrogens with one attached hydrogen (secondary N) is 1. The van der Waals surface area contributed by atoms with Crippen molar-refractivity contribution in [3.8, 4) is 0 Å². The highest BCUT2D eigenvalue weighted by Crippen LogP contribution is 2.38. The number of hydrogen-bond donors (Lipinski definition) is 1. The van der Waals surface area contributed by atoms with Gasteiger partial charge in [0, 0.05) is 31.1 Å². The van der Waals surface area contributed by atoms with Crippen molar-refractivity contribution < 1.29 is 13.2 Å². The van der Waals surface area contributed by atoms with Gasteiger partial charge in [-0.1, -0.05) is 23.7 Å². The van der Waals surface area contributed by atoms with Gasteiger partial charge < -0.3 is 5.32 Å². The lowest BCUT2D eigenvalue weighted by Gasteiger charge is -2.35. The number of halogens is 6. The van der Waals surface area contributed by atoms with E-state index in [2.05, 4.69) is 10.2 Å². The summed E-state index contributed by atoms with van der Waals surface area (Å²) in [6, 6.07) is 8.00. The van der Waals surface area contributed by atoms with Crippen LogP contribution in [0.5, 0.6) is 0 Å². The fourth-order valence-corrected chi connectivity index (χ4v) is 4.06. The van der Waals surface area contributed by atoms with E-state index in [4.69, 9.17) is 11.6 Å². The van der Waals surface area contributed by atoms with Gasteiger partial charge in [0.1, 0.15) is 0 Å². The predicted molar refractivity (Wildman–Crippen MR) is 102 cm³/mol. The molecule has 140 valence electrons. The largest absolute Gasteiger partial charge is 0.417 e. The van der Waals surface area contributed by atoms with E-state index in [1.54, 1.807) is 17.4 Å². The SMILES string of the molecule is Cl.Cl.FC(F)(F)c1ccc([C@H](c2cccs2)N2CCNCC2)cc1Cl. The number of nitrogens with zero attached hydrogens (tertiary/aromatic N) is 1. The topological polar surface area (TPSA) is 15.3 Å². The average Bonchev–Trinajstić information content (AvgIpc) is 3.01. The number of rotatable bonds is 3. The van der Waals surface area contributed by atoms with Crippen LogP contribution in [0.15, 0.2) is 35.7 Å². The van der Waals surface area contributed by atoms with Crippen molar-refractivity contribution in [2.45, 2.75) is 12.2 Å². The van der Waals surface area contributed by atoms with Crippen LogP contribution in [0.2, 0.25) is 5.02 Å². The summed E-state index contributed by atoms with van der Waals surface area (Å²) in [5.74, 6) is 0. The van der Waals surface area contributed by atoms with E-state index in [9.17, 15) is 13.2 Å². The molecule has 1 aromatic carbocycles. The molecule has 1 saturated heterocycles. The first-order chi connectivity index (χ1) is 11.0. The number of hydrogen-bond acceptors (Lipinski definition) is 3. The van der Waals surface area contributed by atoms with Crippen molar-refractivity contribution in [3.05, 3.63) is 56.7 Å². The standard InChI is InChI=1S/C16H16ClF3N2S.2ClH/c17-13-10-11(3-4-12(13)16(18,19)20)15(14-2-1-9-23-14)22-7-5-21-6-8-22;;/h1-4,9-10,15,21H,5-8H2;2*1H/t15-;;/m1../s1. The third kappa shape index (κ3) is 5.25. The van der Waals surface area contributed by atoms with Crippen molar-refractivity contribution in [1.82, 2.24) is 10.2 Å². The maximum atomic E-state index is 12.9. The Morgan fingerprint density at radius 2 is 1.80 bits per heavy atom. The van der Waals surface area contributed by atoms with E-state index in [0.29, 0.717) is 0 Å². The minimum absolute atomic E-state index is 0. The van der Waals surface area contributed by atoms with Crippen LogP contribution in [-0.2, 0) is 6.18 Å². The highest BCUT2D eigenvalue weighted by molar-refractivity contribution is 7.10. The van der Waals surface area contributed by atoms with Gasteiger partial charge in [0.2, 0.25) is 0 Å². The lowest BCUT2D eigenvalue weighted by atomic mass is 10.0. The zero-order chi connectivity index (χ0) is 16.4. The molecule has 0 spiro atoms. The zero-order valence-electron chi connectivity index (χ0n) is 13.1. The first-order valence-electron chi connectivity index (χ1n) is 7.31. The Kier molecular flexibility index (Phi) is 8.51. The second-order valence-corrected chi connectivity index (χ2v) is 6.83. The van der Waals surface area contributed by atoms with Crippen molar-refractivity contribution >= 4 is 47.8 Å². The molecule has 1 aromatic heterocycles. The molecule has 1 aliphatic heterocycles. The molecule has 1 fully saturated rings. The molecule has 0 saturated carbocycles. The fraction of sp³-hybridized carbons (Fsp3) is 0.375. The van der Waals surface area contributed by atoms with E-state index in [0.717, 1.165) is 42.7 Å². The molecular formula is C16H18Cl3F3N2S. The molecular weight excluding hydrogens is 416 g/mol. The Labute approximate surface area is 166 Å². The second kappa shape index (κ2) is 9.44. The van der Waals surface area contributed by atoms with Gasteiger partial charge in [0.05, 0.1) is 16.6 Å². The van der Waals surface area contributed by atoms with Crippen LogP contribution >= 0.6 is 47.8 Å². The quantitative estimate of drug-likeness (QED) is 0.710. The first kappa shape index (κ1) is 22.5. The third-order valence-corrected chi connectivity index (χ3v) is 5.18. The third-order valence-electron chi connectivity index (χ3n) is 3.94. The maximum Gasteiger partial charge on any atom is 0.417 e. The van der Waals surface area contributed by atoms with Crippen LogP contribution < -0.4 is 5.32 Å². The summed E-state index contributed by atoms with van der Waals surface area (Å²) in [7, 11) is 0. The summed E-state index contributed by atoms with van der Waals surface area (Å²) < 4.78 is 38.7. The number of piperazine rings is 1. The predicted octanol–water partition coefficient (Wildman–Crippen LogP) is 5.26. The minimum Gasteiger partial charge on any atom is -0.314 e. The molecule has 0 radical (unpaired) electrons. The molecule has 2 heterocycles. The van der Waals surface area contributed by atoms with Crippen molar-refractivity contribution in [1.29, 1.82) is 0 Å². The van der Waals surface area contributed by atoms with Gasteiger partial charge in [-0.3, -0.25) is 4.90 Å². The summed E-state index contributed by atoms with van der Waals surface area (Å²) in [4.78, 5) is 3.39. The van der Waals surface area contributed by atoms with E-state index in [1.165, 1.54) is 6.07 Å². The molecule has 1 N–H and O–H groups in total. The fourth-order valence-electron chi connectivity index (χ4n) is 2.87. The van der Waals surface area contributed by atoms with E-state index < -0.39 is 11.7 Å². The van der Waals surface area contributed by atoms with Crippen LogP contribution in [0.1, 0.15) is 22.0 Å². The van der Waals surface area contributed by atoms with E-state index >= 15 is 0 Å².